The molecule has 1 fully saturated rings. The van der Waals surface area contributed by atoms with Crippen LogP contribution in [0.3, 0.4) is 0 Å². The number of carbonyl (C=O) groups excluding carboxylic acids is 2. The lowest BCUT2D eigenvalue weighted by Crippen LogP contribution is -2.32. The molecule has 0 bridgehead atoms. The Bertz CT molecular complexity index is 1100. The minimum absolute atomic E-state index is 0.162. The van der Waals surface area contributed by atoms with Crippen molar-refractivity contribution in [2.75, 3.05) is 13.2 Å². The van der Waals surface area contributed by atoms with Crippen molar-refractivity contribution >= 4 is 29.0 Å². The van der Waals surface area contributed by atoms with E-state index in [2.05, 4.69) is 0 Å². The first-order chi connectivity index (χ1) is 14.5. The number of amides is 2. The number of ether oxygens (including phenoxy) is 1. The van der Waals surface area contributed by atoms with E-state index in [9.17, 15) is 14.0 Å². The number of aryl methyl sites for hydroxylation is 1. The quantitative estimate of drug-likeness (QED) is 0.489. The Morgan fingerprint density at radius 3 is 2.50 bits per heavy atom. The van der Waals surface area contributed by atoms with Gasteiger partial charge in [-0.2, -0.15) is 0 Å². The minimum atomic E-state index is -0.378. The monoisotopic (exact) mass is 423 g/mol. The second kappa shape index (κ2) is 8.59. The summed E-state index contributed by atoms with van der Waals surface area (Å²) in [6.07, 6.45) is 1.54. The van der Waals surface area contributed by atoms with Crippen LogP contribution in [-0.4, -0.2) is 29.2 Å². The molecular weight excluding hydrogens is 405 g/mol. The molecule has 0 N–H and O–H groups in total. The number of nitrogens with zero attached hydrogens (tertiary/aromatic N) is 1. The van der Waals surface area contributed by atoms with Crippen LogP contribution in [0.2, 0.25) is 0 Å². The van der Waals surface area contributed by atoms with Gasteiger partial charge in [0, 0.05) is 11.6 Å². The number of furan rings is 1. The zero-order chi connectivity index (χ0) is 21.1. The Morgan fingerprint density at radius 2 is 1.77 bits per heavy atom. The number of imide groups is 1. The zero-order valence-corrected chi connectivity index (χ0v) is 16.9. The molecule has 0 atom stereocenters. The van der Waals surface area contributed by atoms with E-state index in [4.69, 9.17) is 9.15 Å². The van der Waals surface area contributed by atoms with E-state index in [1.807, 2.05) is 31.2 Å². The molecule has 2 heterocycles. The Morgan fingerprint density at radius 1 is 1.03 bits per heavy atom. The number of benzene rings is 2. The molecule has 3 aromatic rings. The highest BCUT2D eigenvalue weighted by Gasteiger charge is 2.35. The Hall–Kier alpha value is -3.32. The summed E-state index contributed by atoms with van der Waals surface area (Å²) < 4.78 is 24.4. The maximum Gasteiger partial charge on any atom is 0.293 e. The molecule has 0 radical (unpaired) electrons. The third-order valence-electron chi connectivity index (χ3n) is 4.51. The summed E-state index contributed by atoms with van der Waals surface area (Å²) in [5.41, 5.74) is 1.84. The molecule has 0 saturated carbocycles. The van der Waals surface area contributed by atoms with Crippen LogP contribution in [0, 0.1) is 12.7 Å². The summed E-state index contributed by atoms with van der Waals surface area (Å²) in [5, 5.41) is -0.343. The molecule has 4 rings (SSSR count). The average Bonchev–Trinajstić information content (AvgIpc) is 3.30. The minimum Gasteiger partial charge on any atom is -0.492 e. The second-order valence-corrected chi connectivity index (χ2v) is 7.70. The normalized spacial score (nSPS) is 15.3. The van der Waals surface area contributed by atoms with E-state index in [-0.39, 0.29) is 35.0 Å². The van der Waals surface area contributed by atoms with Crippen molar-refractivity contribution in [3.05, 3.63) is 82.7 Å². The van der Waals surface area contributed by atoms with Crippen molar-refractivity contribution in [1.82, 2.24) is 4.90 Å². The van der Waals surface area contributed by atoms with Crippen LogP contribution in [-0.2, 0) is 4.79 Å². The predicted octanol–water partition coefficient (Wildman–Crippen LogP) is 5.51. The zero-order valence-electron chi connectivity index (χ0n) is 16.1. The highest BCUT2D eigenvalue weighted by molar-refractivity contribution is 8.18. The number of hydrogen-bond acceptors (Lipinski definition) is 5. The first-order valence-corrected chi connectivity index (χ1v) is 10.1. The van der Waals surface area contributed by atoms with Gasteiger partial charge in [0.25, 0.3) is 11.1 Å². The van der Waals surface area contributed by atoms with Gasteiger partial charge in [-0.25, -0.2) is 4.39 Å². The lowest BCUT2D eigenvalue weighted by molar-refractivity contribution is -0.123. The molecule has 1 aliphatic rings. The van der Waals surface area contributed by atoms with Crippen LogP contribution in [0.5, 0.6) is 5.75 Å². The number of halogens is 1. The van der Waals surface area contributed by atoms with E-state index in [1.54, 1.807) is 30.3 Å². The molecule has 1 aliphatic heterocycles. The smallest absolute Gasteiger partial charge is 0.293 e. The maximum atomic E-state index is 13.1. The summed E-state index contributed by atoms with van der Waals surface area (Å²) in [4.78, 5) is 26.3. The fourth-order valence-electron chi connectivity index (χ4n) is 2.91. The number of hydrogen-bond donors (Lipinski definition) is 0. The third-order valence-corrected chi connectivity index (χ3v) is 5.41. The van der Waals surface area contributed by atoms with Gasteiger partial charge in [-0.1, -0.05) is 17.7 Å². The molecule has 30 heavy (non-hydrogen) atoms. The van der Waals surface area contributed by atoms with Gasteiger partial charge in [-0.3, -0.25) is 14.5 Å². The highest BCUT2D eigenvalue weighted by atomic mass is 32.2. The Balaban J connectivity index is 1.40. The summed E-state index contributed by atoms with van der Waals surface area (Å²) in [7, 11) is 0. The van der Waals surface area contributed by atoms with Gasteiger partial charge < -0.3 is 9.15 Å². The Kier molecular flexibility index (Phi) is 5.72. The van der Waals surface area contributed by atoms with Gasteiger partial charge in [0.2, 0.25) is 0 Å². The van der Waals surface area contributed by atoms with Crippen LogP contribution in [0.25, 0.3) is 17.4 Å². The Labute approximate surface area is 177 Å². The van der Waals surface area contributed by atoms with Crippen LogP contribution in [0.1, 0.15) is 11.3 Å². The number of rotatable bonds is 6. The average molecular weight is 423 g/mol. The lowest BCUT2D eigenvalue weighted by atomic mass is 10.2. The van der Waals surface area contributed by atoms with E-state index >= 15 is 0 Å². The van der Waals surface area contributed by atoms with E-state index in [1.165, 1.54) is 12.1 Å². The molecule has 2 aromatic carbocycles. The van der Waals surface area contributed by atoms with Crippen molar-refractivity contribution < 1.29 is 23.1 Å². The molecule has 0 spiro atoms. The van der Waals surface area contributed by atoms with Crippen molar-refractivity contribution in [3.63, 3.8) is 0 Å². The molecule has 152 valence electrons. The van der Waals surface area contributed by atoms with Crippen LogP contribution >= 0.6 is 11.8 Å². The van der Waals surface area contributed by atoms with Gasteiger partial charge in [0.1, 0.15) is 29.7 Å². The standard InChI is InChI=1S/C23H18FNO4S/c1-15-2-8-18(9-3-15)28-13-12-25-22(26)21(30-23(25)27)14-19-10-11-20(29-19)16-4-6-17(24)7-5-16/h2-11,14H,12-13H2,1H3/b21-14-. The van der Waals surface area contributed by atoms with Crippen molar-refractivity contribution in [3.8, 4) is 17.1 Å². The van der Waals surface area contributed by atoms with Crippen LogP contribution in [0.4, 0.5) is 9.18 Å². The second-order valence-electron chi connectivity index (χ2n) is 6.70. The van der Waals surface area contributed by atoms with Gasteiger partial charge in [0.15, 0.2) is 0 Å². The first-order valence-electron chi connectivity index (χ1n) is 9.30. The molecule has 1 saturated heterocycles. The fraction of sp³-hybridized carbons (Fsp3) is 0.130. The molecule has 2 amide bonds. The molecule has 1 aromatic heterocycles. The number of carbonyl (C=O) groups is 2. The van der Waals surface area contributed by atoms with Gasteiger partial charge in [-0.15, -0.1) is 0 Å². The molecule has 7 heteroatoms. The van der Waals surface area contributed by atoms with E-state index < -0.39 is 0 Å². The molecule has 0 unspecified atom stereocenters. The third kappa shape index (κ3) is 4.46. The SMILES string of the molecule is Cc1ccc(OCCN2C(=O)S/C(=C\c3ccc(-c4ccc(F)cc4)o3)C2=O)cc1. The van der Waals surface area contributed by atoms with Gasteiger partial charge in [-0.05, 0) is 67.2 Å². The molecular formula is C23H18FNO4S. The van der Waals surface area contributed by atoms with E-state index in [0.717, 1.165) is 27.8 Å². The summed E-state index contributed by atoms with van der Waals surface area (Å²) in [5.74, 6) is 0.970. The fourth-order valence-corrected chi connectivity index (χ4v) is 3.76. The van der Waals surface area contributed by atoms with Crippen LogP contribution < -0.4 is 4.74 Å². The van der Waals surface area contributed by atoms with Gasteiger partial charge in [0.05, 0.1) is 11.4 Å². The molecule has 5 nitrogen and oxygen atoms in total. The highest BCUT2D eigenvalue weighted by Crippen LogP contribution is 2.33. The van der Waals surface area contributed by atoms with Crippen LogP contribution in [0.15, 0.2) is 70.0 Å². The van der Waals surface area contributed by atoms with Crippen molar-refractivity contribution in [1.29, 1.82) is 0 Å². The van der Waals surface area contributed by atoms with Gasteiger partial charge >= 0.3 is 0 Å². The van der Waals surface area contributed by atoms with Crippen molar-refractivity contribution in [2.45, 2.75) is 6.92 Å². The summed E-state index contributed by atoms with van der Waals surface area (Å²) >= 11 is 0.865. The summed E-state index contributed by atoms with van der Waals surface area (Å²) in [6.45, 7) is 2.36. The maximum absolute atomic E-state index is 13.1. The van der Waals surface area contributed by atoms with E-state index in [0.29, 0.717) is 17.3 Å². The largest absolute Gasteiger partial charge is 0.492 e. The molecule has 0 aliphatic carbocycles. The first kappa shape index (κ1) is 20.0. The predicted molar refractivity (Wildman–Crippen MR) is 113 cm³/mol. The topological polar surface area (TPSA) is 59.8 Å². The number of thioether (sulfide) groups is 1. The van der Waals surface area contributed by atoms with Crippen molar-refractivity contribution in [2.24, 2.45) is 0 Å². The summed E-state index contributed by atoms with van der Waals surface area (Å²) in [6, 6.07) is 16.9. The lowest BCUT2D eigenvalue weighted by Gasteiger charge is -2.13.